The number of benzene rings is 1. The van der Waals surface area contributed by atoms with Crippen molar-refractivity contribution in [3.8, 4) is 5.75 Å². The molecular weight excluding hydrogens is 336 g/mol. The molecule has 0 spiro atoms. The Labute approximate surface area is 152 Å². The Balaban J connectivity index is 2.52. The van der Waals surface area contributed by atoms with Gasteiger partial charge in [-0.1, -0.05) is 38.1 Å². The van der Waals surface area contributed by atoms with Crippen LogP contribution in [0.2, 0.25) is 0 Å². The molecule has 1 atom stereocenters. The number of esters is 1. The molecule has 140 valence electrons. The Hall–Kier alpha value is -2.60. The molecule has 2 rings (SSSR count). The summed E-state index contributed by atoms with van der Waals surface area (Å²) in [6.45, 7) is 5.58. The summed E-state index contributed by atoms with van der Waals surface area (Å²) in [6, 6.07) is 8.57. The zero-order valence-corrected chi connectivity index (χ0v) is 15.2. The number of ether oxygens (including phenoxy) is 1. The highest BCUT2D eigenvalue weighted by molar-refractivity contribution is 5.71. The topological polar surface area (TPSA) is 97.0 Å². The predicted molar refractivity (Wildman–Crippen MR) is 96.2 cm³/mol. The van der Waals surface area contributed by atoms with E-state index < -0.39 is 29.7 Å². The number of rotatable bonds is 7. The van der Waals surface area contributed by atoms with Crippen molar-refractivity contribution >= 4 is 5.97 Å². The van der Waals surface area contributed by atoms with Crippen molar-refractivity contribution in [2.75, 3.05) is 6.61 Å². The quantitative estimate of drug-likeness (QED) is 0.737. The Kier molecular flexibility index (Phi) is 6.58. The predicted octanol–water partition coefficient (Wildman–Crippen LogP) is 3.05. The number of carbonyl (C=O) groups excluding carboxylic acids is 1. The van der Waals surface area contributed by atoms with Gasteiger partial charge >= 0.3 is 5.97 Å². The minimum Gasteiger partial charge on any atom is -0.502 e. The van der Waals surface area contributed by atoms with Crippen LogP contribution in [0.15, 0.2) is 39.5 Å². The molecule has 1 unspecified atom stereocenters. The molecule has 2 N–H and O–H groups in total. The Morgan fingerprint density at radius 1 is 1.19 bits per heavy atom. The van der Waals surface area contributed by atoms with Crippen LogP contribution in [-0.4, -0.2) is 22.8 Å². The lowest BCUT2D eigenvalue weighted by Crippen LogP contribution is -2.15. The summed E-state index contributed by atoms with van der Waals surface area (Å²) in [7, 11) is 0. The lowest BCUT2D eigenvalue weighted by atomic mass is 9.90. The normalized spacial score (nSPS) is 12.2. The lowest BCUT2D eigenvalue weighted by molar-refractivity contribution is -0.143. The van der Waals surface area contributed by atoms with E-state index in [1.807, 2.05) is 24.3 Å². The summed E-state index contributed by atoms with van der Waals surface area (Å²) in [4.78, 5) is 24.0. The van der Waals surface area contributed by atoms with Crippen molar-refractivity contribution < 1.29 is 24.2 Å². The van der Waals surface area contributed by atoms with Gasteiger partial charge in [0.25, 0.3) is 0 Å². The van der Waals surface area contributed by atoms with E-state index in [4.69, 9.17) is 9.15 Å². The van der Waals surface area contributed by atoms with Crippen LogP contribution >= 0.6 is 0 Å². The SMILES string of the molecule is CCOC(=O)CC(c1ccc(C(C)C)cc1)c1oc(CO)cc(=O)c1O. The number of aliphatic hydroxyl groups excluding tert-OH is 1. The van der Waals surface area contributed by atoms with Crippen molar-refractivity contribution in [1.82, 2.24) is 0 Å². The van der Waals surface area contributed by atoms with Crippen molar-refractivity contribution in [1.29, 1.82) is 0 Å². The fourth-order valence-corrected chi connectivity index (χ4v) is 2.73. The van der Waals surface area contributed by atoms with E-state index in [1.165, 1.54) is 0 Å². The molecule has 1 heterocycles. The second-order valence-electron chi connectivity index (χ2n) is 6.33. The maximum atomic E-state index is 12.1. The summed E-state index contributed by atoms with van der Waals surface area (Å²) in [5.41, 5.74) is 1.16. The third-order valence-electron chi connectivity index (χ3n) is 4.15. The van der Waals surface area contributed by atoms with Gasteiger partial charge in [-0.2, -0.15) is 0 Å². The average molecular weight is 360 g/mol. The van der Waals surface area contributed by atoms with E-state index >= 15 is 0 Å². The van der Waals surface area contributed by atoms with Gasteiger partial charge in [0.1, 0.15) is 12.4 Å². The van der Waals surface area contributed by atoms with Gasteiger partial charge in [0.2, 0.25) is 11.2 Å². The molecule has 0 saturated carbocycles. The van der Waals surface area contributed by atoms with Crippen LogP contribution in [0.25, 0.3) is 0 Å². The zero-order chi connectivity index (χ0) is 19.3. The molecule has 0 aliphatic rings. The molecule has 0 aliphatic carbocycles. The highest BCUT2D eigenvalue weighted by Crippen LogP contribution is 2.34. The third-order valence-corrected chi connectivity index (χ3v) is 4.15. The summed E-state index contributed by atoms with van der Waals surface area (Å²) < 4.78 is 10.5. The molecule has 0 fully saturated rings. The van der Waals surface area contributed by atoms with Gasteiger partial charge in [-0.25, -0.2) is 0 Å². The molecule has 6 nitrogen and oxygen atoms in total. The van der Waals surface area contributed by atoms with E-state index in [2.05, 4.69) is 13.8 Å². The first kappa shape index (κ1) is 19.7. The van der Waals surface area contributed by atoms with Crippen molar-refractivity contribution in [3.63, 3.8) is 0 Å². The number of aromatic hydroxyl groups is 1. The van der Waals surface area contributed by atoms with Gasteiger partial charge in [0, 0.05) is 6.07 Å². The van der Waals surface area contributed by atoms with Crippen LogP contribution in [0, 0.1) is 0 Å². The van der Waals surface area contributed by atoms with E-state index in [0.29, 0.717) is 11.5 Å². The third kappa shape index (κ3) is 4.52. The second-order valence-corrected chi connectivity index (χ2v) is 6.33. The molecule has 1 aromatic carbocycles. The molecule has 6 heteroatoms. The Morgan fingerprint density at radius 2 is 1.81 bits per heavy atom. The van der Waals surface area contributed by atoms with Crippen molar-refractivity contribution in [2.45, 2.75) is 45.6 Å². The maximum absolute atomic E-state index is 12.1. The minimum atomic E-state index is -0.700. The van der Waals surface area contributed by atoms with E-state index in [0.717, 1.165) is 11.6 Å². The highest BCUT2D eigenvalue weighted by Gasteiger charge is 2.26. The van der Waals surface area contributed by atoms with Gasteiger partial charge in [0.05, 0.1) is 18.9 Å². The number of carbonyl (C=O) groups is 1. The zero-order valence-electron chi connectivity index (χ0n) is 15.2. The highest BCUT2D eigenvalue weighted by atomic mass is 16.5. The standard InChI is InChI=1S/C20H24O6/c1-4-25-18(23)10-16(14-7-5-13(6-8-14)12(2)3)20-19(24)17(22)9-15(11-21)26-20/h5-9,12,16,21,24H,4,10-11H2,1-3H3. The van der Waals surface area contributed by atoms with Crippen LogP contribution in [0.5, 0.6) is 5.75 Å². The van der Waals surface area contributed by atoms with Crippen LogP contribution in [0.1, 0.15) is 61.7 Å². The van der Waals surface area contributed by atoms with E-state index in [9.17, 15) is 19.8 Å². The van der Waals surface area contributed by atoms with Crippen LogP contribution in [0.4, 0.5) is 0 Å². The Bertz CT molecular complexity index is 804. The van der Waals surface area contributed by atoms with Crippen LogP contribution < -0.4 is 5.43 Å². The summed E-state index contributed by atoms with van der Waals surface area (Å²) in [5, 5.41) is 19.5. The summed E-state index contributed by atoms with van der Waals surface area (Å²) in [6.07, 6.45) is -0.0970. The van der Waals surface area contributed by atoms with Gasteiger partial charge < -0.3 is 19.4 Å². The molecule has 0 amide bonds. The first-order valence-electron chi connectivity index (χ1n) is 8.59. The van der Waals surface area contributed by atoms with Crippen molar-refractivity contribution in [3.05, 3.63) is 63.2 Å². The molecule has 0 bridgehead atoms. The lowest BCUT2D eigenvalue weighted by Gasteiger charge is -2.18. The Morgan fingerprint density at radius 3 is 2.35 bits per heavy atom. The second kappa shape index (κ2) is 8.67. The minimum absolute atomic E-state index is 0.0236. The van der Waals surface area contributed by atoms with E-state index in [1.54, 1.807) is 6.92 Å². The summed E-state index contributed by atoms with van der Waals surface area (Å²) >= 11 is 0. The first-order chi connectivity index (χ1) is 12.4. The van der Waals surface area contributed by atoms with E-state index in [-0.39, 0.29) is 24.5 Å². The average Bonchev–Trinajstić information content (AvgIpc) is 2.62. The van der Waals surface area contributed by atoms with Gasteiger partial charge in [-0.15, -0.1) is 0 Å². The van der Waals surface area contributed by atoms with Gasteiger partial charge in [0.15, 0.2) is 5.76 Å². The molecule has 0 saturated heterocycles. The first-order valence-corrected chi connectivity index (χ1v) is 8.59. The summed E-state index contributed by atoms with van der Waals surface area (Å²) in [5.74, 6) is -1.42. The molecule has 1 aromatic heterocycles. The maximum Gasteiger partial charge on any atom is 0.306 e. The van der Waals surface area contributed by atoms with Crippen LogP contribution in [-0.2, 0) is 16.1 Å². The molecule has 0 radical (unpaired) electrons. The smallest absolute Gasteiger partial charge is 0.306 e. The molecule has 0 aliphatic heterocycles. The van der Waals surface area contributed by atoms with Gasteiger partial charge in [-0.3, -0.25) is 9.59 Å². The fraction of sp³-hybridized carbons (Fsp3) is 0.400. The fourth-order valence-electron chi connectivity index (χ4n) is 2.73. The van der Waals surface area contributed by atoms with Crippen LogP contribution in [0.3, 0.4) is 0 Å². The number of hydrogen-bond donors (Lipinski definition) is 2. The monoisotopic (exact) mass is 360 g/mol. The van der Waals surface area contributed by atoms with Gasteiger partial charge in [-0.05, 0) is 24.0 Å². The molecule has 2 aromatic rings. The molecule has 26 heavy (non-hydrogen) atoms. The largest absolute Gasteiger partial charge is 0.502 e. The number of hydrogen-bond acceptors (Lipinski definition) is 6. The number of aliphatic hydroxyl groups is 1. The molecular formula is C20H24O6. The van der Waals surface area contributed by atoms with Crippen molar-refractivity contribution in [2.24, 2.45) is 0 Å².